The highest BCUT2D eigenvalue weighted by Gasteiger charge is 2.02. The van der Waals surface area contributed by atoms with Crippen molar-refractivity contribution in [3.8, 4) is 0 Å². The number of anilines is 1. The zero-order valence-corrected chi connectivity index (χ0v) is 9.15. The van der Waals surface area contributed by atoms with Crippen LogP contribution in [-0.4, -0.2) is 25.2 Å². The maximum Gasteiger partial charge on any atom is 0.182 e. The summed E-state index contributed by atoms with van der Waals surface area (Å²) in [5.74, 6) is 0.522. The van der Waals surface area contributed by atoms with E-state index in [1.54, 1.807) is 18.4 Å². The molecular formula is C9H16N2OS. The molecule has 1 N–H and O–H groups in total. The molecule has 0 radical (unpaired) electrons. The van der Waals surface area contributed by atoms with Crippen LogP contribution in [0.4, 0.5) is 5.13 Å². The molecule has 0 saturated carbocycles. The average molecular weight is 200 g/mol. The first-order valence-corrected chi connectivity index (χ1v) is 5.25. The largest absolute Gasteiger partial charge is 0.384 e. The van der Waals surface area contributed by atoms with Gasteiger partial charge in [-0.1, -0.05) is 6.92 Å². The fraction of sp³-hybridized carbons (Fsp3) is 0.667. The Balaban J connectivity index is 2.26. The standard InChI is InChI=1S/C9H16N2OS/c1-7(5-12-3)4-10-9-11-8(2)6-13-9/h6-7H,4-5H2,1-3H3,(H,10,11). The first-order chi connectivity index (χ1) is 6.22. The van der Waals surface area contributed by atoms with Crippen molar-refractivity contribution in [1.82, 2.24) is 4.98 Å². The number of hydrogen-bond donors (Lipinski definition) is 1. The van der Waals surface area contributed by atoms with Crippen LogP contribution in [0.25, 0.3) is 0 Å². The van der Waals surface area contributed by atoms with E-state index in [-0.39, 0.29) is 0 Å². The van der Waals surface area contributed by atoms with Gasteiger partial charge in [-0.3, -0.25) is 0 Å². The van der Waals surface area contributed by atoms with E-state index < -0.39 is 0 Å². The van der Waals surface area contributed by atoms with Crippen molar-refractivity contribution >= 4 is 16.5 Å². The number of aryl methyl sites for hydroxylation is 1. The first kappa shape index (κ1) is 10.5. The molecule has 0 spiro atoms. The molecule has 0 aliphatic rings. The Hall–Kier alpha value is -0.610. The maximum absolute atomic E-state index is 5.04. The fourth-order valence-electron chi connectivity index (χ4n) is 1.04. The summed E-state index contributed by atoms with van der Waals surface area (Å²) in [6.07, 6.45) is 0. The number of nitrogens with zero attached hydrogens (tertiary/aromatic N) is 1. The topological polar surface area (TPSA) is 34.1 Å². The van der Waals surface area contributed by atoms with Crippen LogP contribution in [0.5, 0.6) is 0 Å². The van der Waals surface area contributed by atoms with Crippen molar-refractivity contribution in [2.45, 2.75) is 13.8 Å². The molecule has 1 unspecified atom stereocenters. The summed E-state index contributed by atoms with van der Waals surface area (Å²) in [4.78, 5) is 4.31. The molecule has 0 aromatic carbocycles. The van der Waals surface area contributed by atoms with Gasteiger partial charge in [-0.15, -0.1) is 11.3 Å². The van der Waals surface area contributed by atoms with Crippen LogP contribution >= 0.6 is 11.3 Å². The highest BCUT2D eigenvalue weighted by Crippen LogP contribution is 2.14. The van der Waals surface area contributed by atoms with E-state index in [0.717, 1.165) is 24.0 Å². The highest BCUT2D eigenvalue weighted by atomic mass is 32.1. The minimum absolute atomic E-state index is 0.522. The lowest BCUT2D eigenvalue weighted by atomic mass is 10.2. The van der Waals surface area contributed by atoms with Crippen molar-refractivity contribution in [1.29, 1.82) is 0 Å². The van der Waals surface area contributed by atoms with Gasteiger partial charge < -0.3 is 10.1 Å². The summed E-state index contributed by atoms with van der Waals surface area (Å²) in [6, 6.07) is 0. The van der Waals surface area contributed by atoms with Crippen molar-refractivity contribution in [2.24, 2.45) is 5.92 Å². The predicted molar refractivity (Wildman–Crippen MR) is 56.4 cm³/mol. The van der Waals surface area contributed by atoms with Gasteiger partial charge in [0, 0.05) is 19.0 Å². The molecule has 1 aromatic rings. The normalized spacial score (nSPS) is 12.8. The SMILES string of the molecule is COCC(C)CNc1nc(C)cs1. The van der Waals surface area contributed by atoms with E-state index in [9.17, 15) is 0 Å². The molecule has 74 valence electrons. The lowest BCUT2D eigenvalue weighted by molar-refractivity contribution is 0.164. The van der Waals surface area contributed by atoms with Crippen molar-refractivity contribution in [3.63, 3.8) is 0 Å². The molecule has 0 aliphatic heterocycles. The second kappa shape index (κ2) is 5.19. The van der Waals surface area contributed by atoms with E-state index >= 15 is 0 Å². The van der Waals surface area contributed by atoms with Crippen LogP contribution in [0.15, 0.2) is 5.38 Å². The van der Waals surface area contributed by atoms with Crippen molar-refractivity contribution < 1.29 is 4.74 Å². The highest BCUT2D eigenvalue weighted by molar-refractivity contribution is 7.13. The maximum atomic E-state index is 5.04. The number of hydrogen-bond acceptors (Lipinski definition) is 4. The summed E-state index contributed by atoms with van der Waals surface area (Å²) in [5, 5.41) is 6.32. The Bertz CT molecular complexity index is 250. The van der Waals surface area contributed by atoms with Gasteiger partial charge in [0.1, 0.15) is 0 Å². The molecule has 1 heterocycles. The van der Waals surface area contributed by atoms with E-state index in [1.165, 1.54) is 0 Å². The van der Waals surface area contributed by atoms with E-state index in [0.29, 0.717) is 5.92 Å². The minimum Gasteiger partial charge on any atom is -0.384 e. The number of thiazole rings is 1. The predicted octanol–water partition coefficient (Wildman–Crippen LogP) is 2.15. The minimum atomic E-state index is 0.522. The quantitative estimate of drug-likeness (QED) is 0.790. The van der Waals surface area contributed by atoms with Gasteiger partial charge in [-0.2, -0.15) is 0 Å². The third-order valence-corrected chi connectivity index (χ3v) is 2.59. The van der Waals surface area contributed by atoms with Gasteiger partial charge in [0.05, 0.1) is 12.3 Å². The van der Waals surface area contributed by atoms with Crippen LogP contribution in [0, 0.1) is 12.8 Å². The van der Waals surface area contributed by atoms with E-state index in [2.05, 4.69) is 17.2 Å². The summed E-state index contributed by atoms with van der Waals surface area (Å²) in [5.41, 5.74) is 1.08. The summed E-state index contributed by atoms with van der Waals surface area (Å²) < 4.78 is 5.04. The third kappa shape index (κ3) is 3.74. The Morgan fingerprint density at radius 1 is 1.69 bits per heavy atom. The van der Waals surface area contributed by atoms with Crippen LogP contribution < -0.4 is 5.32 Å². The zero-order valence-electron chi connectivity index (χ0n) is 8.33. The van der Waals surface area contributed by atoms with E-state index in [4.69, 9.17) is 4.74 Å². The Kier molecular flexibility index (Phi) is 4.18. The molecule has 0 saturated heterocycles. The second-order valence-electron chi connectivity index (χ2n) is 3.24. The lowest BCUT2D eigenvalue weighted by Gasteiger charge is -2.09. The van der Waals surface area contributed by atoms with Gasteiger partial charge in [-0.05, 0) is 12.8 Å². The number of aromatic nitrogens is 1. The third-order valence-electron chi connectivity index (χ3n) is 1.67. The molecule has 1 rings (SSSR count). The molecule has 1 aromatic heterocycles. The monoisotopic (exact) mass is 200 g/mol. The number of methoxy groups -OCH3 is 1. The molecule has 3 nitrogen and oxygen atoms in total. The summed E-state index contributed by atoms with van der Waals surface area (Å²) >= 11 is 1.65. The molecular weight excluding hydrogens is 184 g/mol. The molecule has 4 heteroatoms. The molecule has 0 aliphatic carbocycles. The van der Waals surface area contributed by atoms with Gasteiger partial charge in [0.2, 0.25) is 0 Å². The molecule has 13 heavy (non-hydrogen) atoms. The lowest BCUT2D eigenvalue weighted by Crippen LogP contribution is -2.15. The second-order valence-corrected chi connectivity index (χ2v) is 4.09. The average Bonchev–Trinajstić information content (AvgIpc) is 2.49. The van der Waals surface area contributed by atoms with Crippen LogP contribution in [-0.2, 0) is 4.74 Å². The summed E-state index contributed by atoms with van der Waals surface area (Å²) in [7, 11) is 1.73. The van der Waals surface area contributed by atoms with Gasteiger partial charge in [0.25, 0.3) is 0 Å². The molecule has 1 atom stereocenters. The Morgan fingerprint density at radius 3 is 3.00 bits per heavy atom. The zero-order chi connectivity index (χ0) is 9.68. The van der Waals surface area contributed by atoms with Crippen LogP contribution in [0.1, 0.15) is 12.6 Å². The van der Waals surface area contributed by atoms with Crippen LogP contribution in [0.2, 0.25) is 0 Å². The van der Waals surface area contributed by atoms with E-state index in [1.807, 2.05) is 12.3 Å². The number of nitrogens with one attached hydrogen (secondary N) is 1. The van der Waals surface area contributed by atoms with Gasteiger partial charge in [-0.25, -0.2) is 4.98 Å². The fourth-order valence-corrected chi connectivity index (χ4v) is 1.74. The smallest absolute Gasteiger partial charge is 0.182 e. The van der Waals surface area contributed by atoms with Gasteiger partial charge >= 0.3 is 0 Å². The molecule has 0 amide bonds. The molecule has 0 fully saturated rings. The van der Waals surface area contributed by atoms with Gasteiger partial charge in [0.15, 0.2) is 5.13 Å². The van der Waals surface area contributed by atoms with Crippen LogP contribution in [0.3, 0.4) is 0 Å². The van der Waals surface area contributed by atoms with Crippen molar-refractivity contribution in [2.75, 3.05) is 25.6 Å². The molecule has 0 bridgehead atoms. The number of ether oxygens (including phenoxy) is 1. The first-order valence-electron chi connectivity index (χ1n) is 4.37. The summed E-state index contributed by atoms with van der Waals surface area (Å²) in [6.45, 7) is 5.86. The number of rotatable bonds is 5. The Labute approximate surface area is 83.1 Å². The van der Waals surface area contributed by atoms with Crippen molar-refractivity contribution in [3.05, 3.63) is 11.1 Å². The Morgan fingerprint density at radius 2 is 2.46 bits per heavy atom.